The molecule has 9 nitrogen and oxygen atoms in total. The summed E-state index contributed by atoms with van der Waals surface area (Å²) < 4.78 is 18.6. The molecule has 0 amide bonds. The van der Waals surface area contributed by atoms with Crippen molar-refractivity contribution >= 4 is 50.2 Å². The van der Waals surface area contributed by atoms with Crippen LogP contribution in [0.3, 0.4) is 0 Å². The molecule has 0 saturated heterocycles. The standard InChI is InChI=1S/C41H27N3O6/c42-44-43-35-34-30-22-21-25-18-10-17-24-19-20-29(33(30)32(24)25)23-31(34)36(48-39(45)26-11-4-1-5-12-26)38(50-41(47)28-15-8-3-9-16-28)37(35)49-40(46)27-13-6-2-7-14-27/h1-23,35-38H/t35-,36+,37+,38-/m1/s1. The van der Waals surface area contributed by atoms with Crippen molar-refractivity contribution in [1.29, 1.82) is 0 Å². The van der Waals surface area contributed by atoms with E-state index in [9.17, 15) is 19.9 Å². The zero-order valence-electron chi connectivity index (χ0n) is 26.4. The monoisotopic (exact) mass is 657 g/mol. The van der Waals surface area contributed by atoms with Crippen LogP contribution >= 0.6 is 0 Å². The Bertz CT molecular complexity index is 2430. The second-order valence-corrected chi connectivity index (χ2v) is 12.0. The van der Waals surface area contributed by atoms with E-state index < -0.39 is 42.3 Å². The van der Waals surface area contributed by atoms with Crippen molar-refractivity contribution in [3.63, 3.8) is 0 Å². The van der Waals surface area contributed by atoms with Gasteiger partial charge in [0.25, 0.3) is 0 Å². The van der Waals surface area contributed by atoms with Crippen molar-refractivity contribution in [2.45, 2.75) is 24.4 Å². The number of rotatable bonds is 7. The number of esters is 3. The van der Waals surface area contributed by atoms with E-state index >= 15 is 0 Å². The summed E-state index contributed by atoms with van der Waals surface area (Å²) in [5.74, 6) is -2.15. The number of fused-ring (bicyclic) bond motifs is 2. The molecule has 0 saturated carbocycles. The molecule has 4 atom stereocenters. The van der Waals surface area contributed by atoms with Gasteiger partial charge in [0.2, 0.25) is 0 Å². The largest absolute Gasteiger partial charge is 0.454 e. The summed E-state index contributed by atoms with van der Waals surface area (Å²) in [4.78, 5) is 44.5. The molecule has 0 heterocycles. The lowest BCUT2D eigenvalue weighted by Crippen LogP contribution is -2.48. The summed E-state index contributed by atoms with van der Waals surface area (Å²) in [6.07, 6.45) is -4.09. The van der Waals surface area contributed by atoms with E-state index in [2.05, 4.69) is 10.0 Å². The summed E-state index contributed by atoms with van der Waals surface area (Å²) in [6.45, 7) is 0. The summed E-state index contributed by atoms with van der Waals surface area (Å²) >= 11 is 0. The average molecular weight is 658 g/mol. The van der Waals surface area contributed by atoms with Gasteiger partial charge in [-0.25, -0.2) is 14.4 Å². The van der Waals surface area contributed by atoms with Gasteiger partial charge in [0.05, 0.1) is 16.7 Å². The predicted molar refractivity (Wildman–Crippen MR) is 188 cm³/mol. The number of hydrogen-bond donors (Lipinski definition) is 0. The Hall–Kier alpha value is -6.70. The number of ether oxygens (including phenoxy) is 3. The summed E-state index contributed by atoms with van der Waals surface area (Å²) in [5.41, 5.74) is 11.7. The minimum Gasteiger partial charge on any atom is -0.454 e. The number of carbonyl (C=O) groups excluding carboxylic acids is 3. The maximum absolute atomic E-state index is 13.8. The van der Waals surface area contributed by atoms with Crippen LogP contribution in [0.5, 0.6) is 0 Å². The van der Waals surface area contributed by atoms with Crippen LogP contribution in [-0.2, 0) is 14.2 Å². The van der Waals surface area contributed by atoms with Crippen molar-refractivity contribution < 1.29 is 28.6 Å². The van der Waals surface area contributed by atoms with Crippen LogP contribution in [0.25, 0.3) is 42.8 Å². The zero-order chi connectivity index (χ0) is 34.2. The van der Waals surface area contributed by atoms with Crippen molar-refractivity contribution in [3.05, 3.63) is 178 Å². The molecule has 0 radical (unpaired) electrons. The Balaban J connectivity index is 1.38. The third-order valence-electron chi connectivity index (χ3n) is 9.18. The van der Waals surface area contributed by atoms with Crippen LogP contribution in [0.15, 0.2) is 145 Å². The van der Waals surface area contributed by atoms with E-state index in [1.165, 1.54) is 0 Å². The average Bonchev–Trinajstić information content (AvgIpc) is 3.17. The molecule has 1 aliphatic rings. The van der Waals surface area contributed by atoms with Gasteiger partial charge < -0.3 is 14.2 Å². The first-order chi connectivity index (χ1) is 24.5. The Morgan fingerprint density at radius 3 is 1.60 bits per heavy atom. The number of hydrogen-bond acceptors (Lipinski definition) is 7. The molecule has 0 fully saturated rings. The van der Waals surface area contributed by atoms with Crippen LogP contribution in [0.4, 0.5) is 0 Å². The second-order valence-electron chi connectivity index (χ2n) is 12.0. The smallest absolute Gasteiger partial charge is 0.338 e. The lowest BCUT2D eigenvalue weighted by atomic mass is 9.77. The highest BCUT2D eigenvalue weighted by Crippen LogP contribution is 2.50. The van der Waals surface area contributed by atoms with Crippen LogP contribution in [0.2, 0.25) is 0 Å². The van der Waals surface area contributed by atoms with E-state index in [1.807, 2.05) is 48.5 Å². The zero-order valence-corrected chi connectivity index (χ0v) is 26.4. The Morgan fingerprint density at radius 1 is 0.540 bits per heavy atom. The lowest BCUT2D eigenvalue weighted by Gasteiger charge is -2.41. The molecule has 8 rings (SSSR count). The lowest BCUT2D eigenvalue weighted by molar-refractivity contribution is -0.103. The molecule has 1 aliphatic carbocycles. The first-order valence-electron chi connectivity index (χ1n) is 16.0. The predicted octanol–water partition coefficient (Wildman–Crippen LogP) is 9.30. The molecule has 0 N–H and O–H groups in total. The molecule has 50 heavy (non-hydrogen) atoms. The van der Waals surface area contributed by atoms with Crippen molar-refractivity contribution in [2.24, 2.45) is 5.11 Å². The summed E-state index contributed by atoms with van der Waals surface area (Å²) in [7, 11) is 0. The molecule has 0 spiro atoms. The highest BCUT2D eigenvalue weighted by atomic mass is 16.6. The molecule has 0 aliphatic heterocycles. The fourth-order valence-electron chi connectivity index (χ4n) is 6.97. The minimum atomic E-state index is -1.42. The topological polar surface area (TPSA) is 128 Å². The quantitative estimate of drug-likeness (QED) is 0.0420. The van der Waals surface area contributed by atoms with Gasteiger partial charge in [-0.15, -0.1) is 0 Å². The Labute approximate surface area is 285 Å². The van der Waals surface area contributed by atoms with Gasteiger partial charge >= 0.3 is 17.9 Å². The normalized spacial score (nSPS) is 18.2. The first-order valence-corrected chi connectivity index (χ1v) is 16.0. The summed E-state index contributed by atoms with van der Waals surface area (Å²) in [5, 5.41) is 9.75. The third-order valence-corrected chi connectivity index (χ3v) is 9.18. The molecule has 9 heteroatoms. The Kier molecular flexibility index (Phi) is 7.79. The van der Waals surface area contributed by atoms with Gasteiger partial charge in [-0.3, -0.25) is 0 Å². The number of carbonyl (C=O) groups is 3. The van der Waals surface area contributed by atoms with Crippen molar-refractivity contribution in [1.82, 2.24) is 0 Å². The van der Waals surface area contributed by atoms with Crippen molar-refractivity contribution in [3.8, 4) is 0 Å². The molecule has 0 unspecified atom stereocenters. The van der Waals surface area contributed by atoms with E-state index in [1.54, 1.807) is 91.0 Å². The molecule has 7 aromatic carbocycles. The SMILES string of the molecule is [N-]=[N+]=N[C@@H]1c2c(cc3ccc4cccc5ccc2c3c45)[C@H](OC(=O)c2ccccc2)[C@@H](OC(=O)c2ccccc2)[C@H]1OC(=O)c1ccccc1. The van der Waals surface area contributed by atoms with E-state index in [0.717, 1.165) is 32.3 Å². The van der Waals surface area contributed by atoms with Gasteiger partial charge in [0.1, 0.15) is 6.04 Å². The third kappa shape index (κ3) is 5.32. The Morgan fingerprint density at radius 2 is 1.04 bits per heavy atom. The van der Waals surface area contributed by atoms with Crippen LogP contribution in [-0.4, -0.2) is 30.1 Å². The van der Waals surface area contributed by atoms with Gasteiger partial charge in [-0.1, -0.05) is 102 Å². The maximum Gasteiger partial charge on any atom is 0.338 e. The molecule has 0 bridgehead atoms. The highest BCUT2D eigenvalue weighted by molar-refractivity contribution is 6.24. The maximum atomic E-state index is 13.8. The van der Waals surface area contributed by atoms with Gasteiger partial charge in [-0.2, -0.15) is 0 Å². The van der Waals surface area contributed by atoms with Crippen LogP contribution < -0.4 is 0 Å². The van der Waals surface area contributed by atoms with Gasteiger partial charge in [0, 0.05) is 10.5 Å². The second kappa shape index (κ2) is 12.7. The fraction of sp³-hybridized carbons (Fsp3) is 0.0976. The van der Waals surface area contributed by atoms with E-state index in [-0.39, 0.29) is 16.7 Å². The van der Waals surface area contributed by atoms with Crippen LogP contribution in [0.1, 0.15) is 54.3 Å². The van der Waals surface area contributed by atoms with Gasteiger partial charge in [-0.05, 0) is 85.9 Å². The van der Waals surface area contributed by atoms with Gasteiger partial charge in [0.15, 0.2) is 18.3 Å². The molecule has 242 valence electrons. The van der Waals surface area contributed by atoms with E-state index in [0.29, 0.717) is 11.1 Å². The molecular formula is C41H27N3O6. The number of azide groups is 1. The molecular weight excluding hydrogens is 630 g/mol. The number of benzene rings is 7. The molecule has 7 aromatic rings. The first kappa shape index (κ1) is 30.6. The number of nitrogens with zero attached hydrogens (tertiary/aromatic N) is 3. The minimum absolute atomic E-state index is 0.232. The van der Waals surface area contributed by atoms with Crippen LogP contribution in [0, 0.1) is 0 Å². The molecule has 0 aromatic heterocycles. The van der Waals surface area contributed by atoms with E-state index in [4.69, 9.17) is 14.2 Å². The summed E-state index contributed by atoms with van der Waals surface area (Å²) in [6, 6.07) is 39.8. The fourth-order valence-corrected chi connectivity index (χ4v) is 6.97. The van der Waals surface area contributed by atoms with Crippen molar-refractivity contribution in [2.75, 3.05) is 0 Å². The highest BCUT2D eigenvalue weighted by Gasteiger charge is 2.50.